The van der Waals surface area contributed by atoms with E-state index in [9.17, 15) is 22.8 Å². The maximum Gasteiger partial charge on any atom is 0.490 e. The Kier molecular flexibility index (Phi) is 9.80. The van der Waals surface area contributed by atoms with Crippen LogP contribution in [0.25, 0.3) is 11.3 Å². The van der Waals surface area contributed by atoms with Crippen molar-refractivity contribution >= 4 is 11.9 Å². The Labute approximate surface area is 193 Å². The van der Waals surface area contributed by atoms with E-state index in [1.165, 1.54) is 6.07 Å². The van der Waals surface area contributed by atoms with Gasteiger partial charge >= 0.3 is 18.1 Å². The number of carbonyl (C=O) groups excluding carboxylic acids is 1. The molecule has 3 N–H and O–H groups in total. The Morgan fingerprint density at radius 3 is 2.47 bits per heavy atom. The van der Waals surface area contributed by atoms with Gasteiger partial charge in [0, 0.05) is 30.4 Å². The molecule has 0 bridgehead atoms. The number of aryl methyl sites for hydroxylation is 1. The van der Waals surface area contributed by atoms with Crippen molar-refractivity contribution in [3.8, 4) is 11.3 Å². The summed E-state index contributed by atoms with van der Waals surface area (Å²) in [7, 11) is 0. The number of nitrogens with one attached hydrogen (secondary N) is 2. The number of alkyl halides is 3. The van der Waals surface area contributed by atoms with Gasteiger partial charge in [-0.2, -0.15) is 18.3 Å². The van der Waals surface area contributed by atoms with Gasteiger partial charge in [0.1, 0.15) is 23.8 Å². The molecule has 3 aromatic heterocycles. The smallest absolute Gasteiger partial charge is 0.477 e. The number of rotatable bonds is 9. The minimum Gasteiger partial charge on any atom is -0.477 e. The van der Waals surface area contributed by atoms with Gasteiger partial charge < -0.3 is 19.6 Å². The molecule has 184 valence electrons. The summed E-state index contributed by atoms with van der Waals surface area (Å²) in [5.41, 5.74) is 1.52. The molecule has 12 heteroatoms. The number of pyridine rings is 1. The minimum atomic E-state index is -4.92. The van der Waals surface area contributed by atoms with Crippen LogP contribution in [0, 0.1) is 6.92 Å². The Morgan fingerprint density at radius 2 is 1.91 bits per heavy atom. The Hall–Kier alpha value is -3.67. The van der Waals surface area contributed by atoms with Crippen LogP contribution in [0.1, 0.15) is 41.3 Å². The average Bonchev–Trinajstić information content (AvgIpc) is 3.46. The maximum atomic E-state index is 11.8. The van der Waals surface area contributed by atoms with Crippen LogP contribution in [0.4, 0.5) is 13.2 Å². The molecule has 0 aliphatic heterocycles. The Bertz CT molecular complexity index is 1050. The van der Waals surface area contributed by atoms with Gasteiger partial charge in [-0.05, 0) is 50.2 Å². The zero-order valence-corrected chi connectivity index (χ0v) is 18.6. The summed E-state index contributed by atoms with van der Waals surface area (Å²) in [6.45, 7) is 4.36. The molecule has 9 nitrogen and oxygen atoms in total. The van der Waals surface area contributed by atoms with E-state index in [0.717, 1.165) is 23.5 Å². The molecule has 0 spiro atoms. The van der Waals surface area contributed by atoms with Gasteiger partial charge in [-0.1, -0.05) is 6.92 Å². The molecular formula is C22H25F3N4O5. The number of hydrogen-bond donors (Lipinski definition) is 3. The first kappa shape index (κ1) is 26.6. The van der Waals surface area contributed by atoms with Crippen molar-refractivity contribution in [2.24, 2.45) is 0 Å². The molecular weight excluding hydrogens is 457 g/mol. The number of H-pyrrole nitrogens is 1. The van der Waals surface area contributed by atoms with E-state index in [1.54, 1.807) is 24.5 Å². The number of ether oxygens (including phenoxy) is 1. The van der Waals surface area contributed by atoms with Gasteiger partial charge in [0.25, 0.3) is 0 Å². The Morgan fingerprint density at radius 1 is 1.21 bits per heavy atom. The molecule has 0 fully saturated rings. The molecule has 0 saturated carbocycles. The highest BCUT2D eigenvalue weighted by molar-refractivity contribution is 5.86. The fraction of sp³-hybridized carbons (Fsp3) is 0.364. The third kappa shape index (κ3) is 8.70. The Balaban J connectivity index is 0.000000254. The van der Waals surface area contributed by atoms with Crippen LogP contribution in [-0.4, -0.2) is 58.1 Å². The zero-order chi connectivity index (χ0) is 25.1. The van der Waals surface area contributed by atoms with Crippen LogP contribution >= 0.6 is 0 Å². The van der Waals surface area contributed by atoms with E-state index in [0.29, 0.717) is 12.2 Å². The third-order valence-corrected chi connectivity index (χ3v) is 4.53. The van der Waals surface area contributed by atoms with Gasteiger partial charge in [-0.25, -0.2) is 9.59 Å². The quantitative estimate of drug-likeness (QED) is 0.309. The van der Waals surface area contributed by atoms with Crippen molar-refractivity contribution in [2.75, 3.05) is 19.7 Å². The lowest BCUT2D eigenvalue weighted by Gasteiger charge is -2.10. The average molecular weight is 482 g/mol. The fourth-order valence-corrected chi connectivity index (χ4v) is 2.70. The number of carboxylic acid groups (broad SMARTS) is 1. The second-order valence-corrected chi connectivity index (χ2v) is 7.23. The summed E-state index contributed by atoms with van der Waals surface area (Å²) in [5, 5.41) is 17.9. The van der Waals surface area contributed by atoms with Crippen LogP contribution in [0.2, 0.25) is 0 Å². The normalized spacial score (nSPS) is 11.9. The zero-order valence-electron chi connectivity index (χ0n) is 18.6. The van der Waals surface area contributed by atoms with Gasteiger partial charge in [0.05, 0.1) is 5.69 Å². The minimum absolute atomic E-state index is 0.0804. The number of halogens is 3. The van der Waals surface area contributed by atoms with Crippen LogP contribution in [0.5, 0.6) is 0 Å². The molecule has 3 rings (SSSR count). The molecule has 3 heterocycles. The second-order valence-electron chi connectivity index (χ2n) is 7.23. The molecule has 0 radical (unpaired) electrons. The summed E-state index contributed by atoms with van der Waals surface area (Å²) in [6, 6.07) is 8.81. The molecule has 0 aliphatic carbocycles. The first-order chi connectivity index (χ1) is 16.1. The maximum absolute atomic E-state index is 11.8. The number of furan rings is 1. The lowest BCUT2D eigenvalue weighted by Crippen LogP contribution is -2.29. The van der Waals surface area contributed by atoms with E-state index in [-0.39, 0.29) is 24.8 Å². The summed E-state index contributed by atoms with van der Waals surface area (Å²) >= 11 is 0. The van der Waals surface area contributed by atoms with Crippen molar-refractivity contribution in [2.45, 2.75) is 32.4 Å². The summed E-state index contributed by atoms with van der Waals surface area (Å²) in [5.74, 6) is -1.22. The summed E-state index contributed by atoms with van der Waals surface area (Å²) in [4.78, 5) is 24.8. The van der Waals surface area contributed by atoms with E-state index in [2.05, 4.69) is 25.2 Å². The number of carbonyl (C=O) groups is 2. The molecule has 1 unspecified atom stereocenters. The first-order valence-corrected chi connectivity index (χ1v) is 10.3. The molecule has 1 atom stereocenters. The summed E-state index contributed by atoms with van der Waals surface area (Å²) in [6.07, 6.45) is -0.888. The molecule has 34 heavy (non-hydrogen) atoms. The molecule has 0 aliphatic rings. The molecule has 0 amide bonds. The summed E-state index contributed by atoms with van der Waals surface area (Å²) < 4.78 is 45.0. The van der Waals surface area contributed by atoms with Crippen LogP contribution in [0.3, 0.4) is 0 Å². The monoisotopic (exact) mass is 482 g/mol. The highest BCUT2D eigenvalue weighted by Crippen LogP contribution is 2.20. The largest absolute Gasteiger partial charge is 0.490 e. The number of aromatic nitrogens is 3. The van der Waals surface area contributed by atoms with Crippen LogP contribution in [0.15, 0.2) is 47.1 Å². The second kappa shape index (κ2) is 12.5. The number of nitrogens with zero attached hydrogens (tertiary/aromatic N) is 2. The van der Waals surface area contributed by atoms with Gasteiger partial charge in [-0.3, -0.25) is 10.1 Å². The highest BCUT2D eigenvalue weighted by atomic mass is 19.4. The van der Waals surface area contributed by atoms with Crippen LogP contribution in [-0.2, 0) is 9.53 Å². The fourth-order valence-electron chi connectivity index (χ4n) is 2.70. The number of aromatic amines is 1. The lowest BCUT2D eigenvalue weighted by atomic mass is 10.1. The molecule has 3 aromatic rings. The predicted molar refractivity (Wildman–Crippen MR) is 115 cm³/mol. The van der Waals surface area contributed by atoms with Crippen molar-refractivity contribution < 1.29 is 37.0 Å². The number of aromatic carboxylic acids is 1. The predicted octanol–water partition coefficient (Wildman–Crippen LogP) is 3.95. The van der Waals surface area contributed by atoms with E-state index >= 15 is 0 Å². The highest BCUT2D eigenvalue weighted by Gasteiger charge is 2.40. The van der Waals surface area contributed by atoms with E-state index < -0.39 is 18.1 Å². The van der Waals surface area contributed by atoms with Crippen molar-refractivity contribution in [1.82, 2.24) is 20.5 Å². The van der Waals surface area contributed by atoms with E-state index in [4.69, 9.17) is 9.52 Å². The lowest BCUT2D eigenvalue weighted by molar-refractivity contribution is -0.199. The topological polar surface area (TPSA) is 130 Å². The first-order valence-electron chi connectivity index (χ1n) is 10.3. The SMILES string of the molecule is Cc1ccc(C(C)CCNCCOC(=O)C(F)(F)F)o1.O=C(O)c1cc(-c2ccncc2)n[nH]1. The number of esters is 1. The van der Waals surface area contributed by atoms with Crippen LogP contribution < -0.4 is 5.32 Å². The van der Waals surface area contributed by atoms with Gasteiger partial charge in [0.2, 0.25) is 0 Å². The van der Waals surface area contributed by atoms with Crippen molar-refractivity contribution in [3.05, 3.63) is 59.9 Å². The number of carboxylic acids is 1. The van der Waals surface area contributed by atoms with Gasteiger partial charge in [0.15, 0.2) is 0 Å². The van der Waals surface area contributed by atoms with Crippen molar-refractivity contribution in [1.29, 1.82) is 0 Å². The molecule has 0 saturated heterocycles. The third-order valence-electron chi connectivity index (χ3n) is 4.53. The van der Waals surface area contributed by atoms with Gasteiger partial charge in [-0.15, -0.1) is 0 Å². The van der Waals surface area contributed by atoms with Crippen molar-refractivity contribution in [3.63, 3.8) is 0 Å². The number of hydrogen-bond acceptors (Lipinski definition) is 7. The van der Waals surface area contributed by atoms with E-state index in [1.807, 2.05) is 26.0 Å². The molecule has 0 aromatic carbocycles. The standard InChI is InChI=1S/C13H18F3NO3.C9H7N3O2/c1-9(11-4-3-10(2)20-11)5-6-17-7-8-19-12(18)13(14,15)16;13-9(14)8-5-7(11-12-8)6-1-3-10-4-2-6/h3-4,9,17H,5-8H2,1-2H3;1-5H,(H,11,12)(H,13,14).